The first kappa shape index (κ1) is 25.8. The summed E-state index contributed by atoms with van der Waals surface area (Å²) < 4.78 is 0. The summed E-state index contributed by atoms with van der Waals surface area (Å²) in [5, 5.41) is 31.6. The molecule has 5 atom stereocenters. The van der Waals surface area contributed by atoms with E-state index in [2.05, 4.69) is 38.1 Å². The van der Waals surface area contributed by atoms with Crippen LogP contribution in [-0.4, -0.2) is 51.0 Å². The zero-order valence-electron chi connectivity index (χ0n) is 22.2. The fourth-order valence-corrected chi connectivity index (χ4v) is 8.64. The van der Waals surface area contributed by atoms with E-state index in [0.29, 0.717) is 36.0 Å². The van der Waals surface area contributed by atoms with Gasteiger partial charge >= 0.3 is 0 Å². The van der Waals surface area contributed by atoms with Gasteiger partial charge in [-0.3, -0.25) is 0 Å². The van der Waals surface area contributed by atoms with Crippen molar-refractivity contribution in [2.24, 2.45) is 23.2 Å². The van der Waals surface area contributed by atoms with Gasteiger partial charge in [-0.1, -0.05) is 6.07 Å². The molecule has 9 heteroatoms. The minimum absolute atomic E-state index is 0.0973. The van der Waals surface area contributed by atoms with Crippen LogP contribution in [0.25, 0.3) is 0 Å². The average molecular weight is 534 g/mol. The van der Waals surface area contributed by atoms with E-state index < -0.39 is 0 Å². The first-order chi connectivity index (χ1) is 18.5. The van der Waals surface area contributed by atoms with Gasteiger partial charge in [0.2, 0.25) is 5.95 Å². The predicted octanol–water partition coefficient (Wildman–Crippen LogP) is 4.58. The third kappa shape index (κ3) is 5.36. The highest BCUT2D eigenvalue weighted by Crippen LogP contribution is 2.60. The Bertz CT molecular complexity index is 1160. The first-order valence-corrected chi connectivity index (χ1v) is 15.4. The van der Waals surface area contributed by atoms with Crippen LogP contribution in [0.3, 0.4) is 0 Å². The Balaban J connectivity index is 1.10. The van der Waals surface area contributed by atoms with Crippen molar-refractivity contribution >= 4 is 23.5 Å². The van der Waals surface area contributed by atoms with Crippen LogP contribution in [0.4, 0.5) is 11.8 Å². The van der Waals surface area contributed by atoms with Gasteiger partial charge in [0.25, 0.3) is 0 Å². The molecule has 7 rings (SSSR count). The van der Waals surface area contributed by atoms with Gasteiger partial charge in [-0.15, -0.1) is 11.8 Å². The number of nitrogens with one attached hydrogen (secondary N) is 3. The Labute approximate surface area is 229 Å². The zero-order chi connectivity index (χ0) is 26.1. The molecular formula is C29H39N7OS. The van der Waals surface area contributed by atoms with E-state index in [-0.39, 0.29) is 11.5 Å². The molecule has 5 aliphatic rings. The third-order valence-electron chi connectivity index (χ3n) is 9.55. The van der Waals surface area contributed by atoms with Crippen molar-refractivity contribution in [2.75, 3.05) is 23.4 Å². The van der Waals surface area contributed by atoms with Crippen LogP contribution >= 0.6 is 11.8 Å². The minimum Gasteiger partial charge on any atom is -0.393 e. The zero-order valence-corrected chi connectivity index (χ0v) is 23.0. The van der Waals surface area contributed by atoms with Crippen molar-refractivity contribution < 1.29 is 5.11 Å². The van der Waals surface area contributed by atoms with E-state index in [4.69, 9.17) is 4.98 Å². The second-order valence-electron chi connectivity index (χ2n) is 12.1. The molecule has 4 N–H and O–H groups in total. The number of aliphatic hydroxyl groups is 1. The Hall–Kier alpha value is -2.41. The van der Waals surface area contributed by atoms with E-state index in [9.17, 15) is 10.4 Å². The number of hydrogen-bond donors (Lipinski definition) is 4. The van der Waals surface area contributed by atoms with Crippen molar-refractivity contribution in [1.82, 2.24) is 20.3 Å². The van der Waals surface area contributed by atoms with Crippen LogP contribution in [0.5, 0.6) is 0 Å². The number of anilines is 2. The Morgan fingerprint density at radius 1 is 1.11 bits per heavy atom. The monoisotopic (exact) mass is 533 g/mol. The van der Waals surface area contributed by atoms with E-state index >= 15 is 0 Å². The lowest BCUT2D eigenvalue weighted by atomic mass is 9.47. The Morgan fingerprint density at radius 2 is 1.89 bits per heavy atom. The molecule has 38 heavy (non-hydrogen) atoms. The van der Waals surface area contributed by atoms with Gasteiger partial charge in [0.15, 0.2) is 0 Å². The summed E-state index contributed by atoms with van der Waals surface area (Å²) in [6.07, 6.45) is 15.9. The summed E-state index contributed by atoms with van der Waals surface area (Å²) >= 11 is 1.62. The molecular weight excluding hydrogens is 494 g/mol. The number of nitrogens with zero attached hydrogens (tertiary/aromatic N) is 4. The van der Waals surface area contributed by atoms with Gasteiger partial charge in [-0.05, 0) is 93.3 Å². The Morgan fingerprint density at radius 3 is 2.63 bits per heavy atom. The largest absolute Gasteiger partial charge is 0.393 e. The van der Waals surface area contributed by atoms with Gasteiger partial charge in [-0.2, -0.15) is 10.2 Å². The summed E-state index contributed by atoms with van der Waals surface area (Å²) in [7, 11) is 0. The van der Waals surface area contributed by atoms with E-state index in [1.165, 1.54) is 32.1 Å². The van der Waals surface area contributed by atoms with Crippen LogP contribution in [0, 0.1) is 34.5 Å². The van der Waals surface area contributed by atoms with E-state index in [1.807, 2.05) is 12.3 Å². The fraction of sp³-hybridized carbons (Fsp3) is 0.655. The maximum absolute atomic E-state index is 9.91. The number of pyridine rings is 1. The summed E-state index contributed by atoms with van der Waals surface area (Å²) in [4.78, 5) is 13.5. The van der Waals surface area contributed by atoms with Crippen LogP contribution < -0.4 is 16.0 Å². The molecule has 5 fully saturated rings. The van der Waals surface area contributed by atoms with Crippen LogP contribution in [0.2, 0.25) is 0 Å². The highest BCUT2D eigenvalue weighted by atomic mass is 32.2. The molecule has 0 aliphatic heterocycles. The molecule has 5 saturated carbocycles. The molecule has 2 aromatic rings. The van der Waals surface area contributed by atoms with E-state index in [0.717, 1.165) is 60.6 Å². The molecule has 0 spiro atoms. The molecule has 5 aliphatic carbocycles. The molecule has 4 bridgehead atoms. The maximum Gasteiger partial charge on any atom is 0.224 e. The van der Waals surface area contributed by atoms with Gasteiger partial charge in [0, 0.05) is 36.9 Å². The molecule has 2 heterocycles. The summed E-state index contributed by atoms with van der Waals surface area (Å²) in [6.45, 7) is 1.45. The lowest BCUT2D eigenvalue weighted by Gasteiger charge is -2.61. The molecule has 0 amide bonds. The normalized spacial score (nSPS) is 33.6. The standard InChI is InChI=1S/C29H39N7OS/c1-38-27-19(3-2-8-31-27)15-32-28-33-16-22(14-30)26(36-28)34-17-29-11-18-9-20(12-29)25(21(10-18)13-29)35-23-4-6-24(37)7-5-23/h2-3,8,16,18,20-21,23-25,35,37H,4-7,9-13,15,17H2,1H3,(H2,32,33,34,36)/t18?,20-,21+,23?,24?,25?,29?. The van der Waals surface area contributed by atoms with Crippen molar-refractivity contribution in [2.45, 2.75) is 87.5 Å². The van der Waals surface area contributed by atoms with Crippen LogP contribution in [0.15, 0.2) is 29.6 Å². The third-order valence-corrected chi connectivity index (χ3v) is 10.3. The number of aliphatic hydroxyl groups excluding tert-OH is 1. The quantitative estimate of drug-likeness (QED) is 0.344. The van der Waals surface area contributed by atoms with Gasteiger partial charge in [0.05, 0.1) is 12.3 Å². The molecule has 8 nitrogen and oxygen atoms in total. The predicted molar refractivity (Wildman–Crippen MR) is 150 cm³/mol. The van der Waals surface area contributed by atoms with Crippen LogP contribution in [0.1, 0.15) is 68.9 Å². The van der Waals surface area contributed by atoms with Crippen molar-refractivity contribution in [1.29, 1.82) is 5.26 Å². The van der Waals surface area contributed by atoms with Crippen molar-refractivity contribution in [3.8, 4) is 6.07 Å². The van der Waals surface area contributed by atoms with Gasteiger partial charge < -0.3 is 21.1 Å². The lowest BCUT2D eigenvalue weighted by molar-refractivity contribution is -0.0737. The number of aromatic nitrogens is 3. The summed E-state index contributed by atoms with van der Waals surface area (Å²) in [5.41, 5.74) is 1.88. The second kappa shape index (κ2) is 11.0. The fourth-order valence-electron chi connectivity index (χ4n) is 8.07. The smallest absolute Gasteiger partial charge is 0.224 e. The molecule has 0 radical (unpaired) electrons. The highest BCUT2D eigenvalue weighted by molar-refractivity contribution is 7.98. The average Bonchev–Trinajstić information content (AvgIpc) is 2.93. The summed E-state index contributed by atoms with van der Waals surface area (Å²) in [6, 6.07) is 7.46. The van der Waals surface area contributed by atoms with Crippen LogP contribution in [-0.2, 0) is 6.54 Å². The molecule has 0 saturated heterocycles. The number of hydrogen-bond acceptors (Lipinski definition) is 9. The van der Waals surface area contributed by atoms with Gasteiger partial charge in [0.1, 0.15) is 22.5 Å². The van der Waals surface area contributed by atoms with E-state index in [1.54, 1.807) is 24.2 Å². The van der Waals surface area contributed by atoms with Crippen molar-refractivity contribution in [3.05, 3.63) is 35.7 Å². The summed E-state index contributed by atoms with van der Waals surface area (Å²) in [5.74, 6) is 3.45. The van der Waals surface area contributed by atoms with Gasteiger partial charge in [-0.25, -0.2) is 9.97 Å². The minimum atomic E-state index is -0.0973. The Kier molecular flexibility index (Phi) is 7.48. The molecule has 202 valence electrons. The lowest BCUT2D eigenvalue weighted by Crippen LogP contribution is -2.61. The highest BCUT2D eigenvalue weighted by Gasteiger charge is 2.55. The topological polar surface area (TPSA) is 119 Å². The first-order valence-electron chi connectivity index (χ1n) is 14.2. The van der Waals surface area contributed by atoms with Crippen molar-refractivity contribution in [3.63, 3.8) is 0 Å². The second-order valence-corrected chi connectivity index (χ2v) is 12.9. The number of nitriles is 1. The SMILES string of the molecule is CSc1ncccc1CNc1ncc(C#N)c(NCC23CC4C[C@H](C2)C(NC2CCC(O)CC2)[C@@H](C4)C3)n1. The maximum atomic E-state index is 9.91. The molecule has 2 aromatic heterocycles. The number of rotatable bonds is 9. The number of thioether (sulfide) groups is 1. The molecule has 0 aromatic carbocycles. The molecule has 3 unspecified atom stereocenters.